The Labute approximate surface area is 95.3 Å². The molecule has 16 heavy (non-hydrogen) atoms. The third-order valence-corrected chi connectivity index (χ3v) is 2.77. The van der Waals surface area contributed by atoms with Crippen LogP contribution in [-0.2, 0) is 0 Å². The summed E-state index contributed by atoms with van der Waals surface area (Å²) >= 11 is 0. The normalized spacial score (nSPS) is 15.4. The Morgan fingerprint density at radius 2 is 1.75 bits per heavy atom. The lowest BCUT2D eigenvalue weighted by molar-refractivity contribution is 0.394. The molecule has 1 N–H and O–H groups in total. The Bertz CT molecular complexity index is 382. The highest BCUT2D eigenvalue weighted by molar-refractivity contribution is 5.97. The molecular formula is C12H16N2O2. The summed E-state index contributed by atoms with van der Waals surface area (Å²) in [6.07, 6.45) is 1.89. The fourth-order valence-electron chi connectivity index (χ4n) is 1.91. The second kappa shape index (κ2) is 4.43. The van der Waals surface area contributed by atoms with Gasteiger partial charge in [0.05, 0.1) is 14.2 Å². The Hall–Kier alpha value is -1.71. The Morgan fingerprint density at radius 3 is 2.19 bits per heavy atom. The maximum Gasteiger partial charge on any atom is 0.124 e. The third-order valence-electron chi connectivity index (χ3n) is 2.77. The van der Waals surface area contributed by atoms with Gasteiger partial charge in [-0.3, -0.25) is 5.41 Å². The number of hydrogen-bond donors (Lipinski definition) is 1. The highest BCUT2D eigenvalue weighted by atomic mass is 16.5. The lowest BCUT2D eigenvalue weighted by Crippen LogP contribution is -2.23. The van der Waals surface area contributed by atoms with Gasteiger partial charge in [0.1, 0.15) is 17.3 Å². The Kier molecular flexibility index (Phi) is 2.99. The third kappa shape index (κ3) is 1.96. The molecule has 1 aliphatic rings. The zero-order valence-electron chi connectivity index (χ0n) is 9.62. The van der Waals surface area contributed by atoms with Crippen molar-refractivity contribution in [3.63, 3.8) is 0 Å². The standard InChI is InChI=1S/C12H16N2O2/c1-15-10-6-9(7-11(8-10)16-2)14-5-3-4-12(14)13/h6-8,13H,3-5H2,1-2H3. The molecule has 0 radical (unpaired) electrons. The van der Waals surface area contributed by atoms with Crippen molar-refractivity contribution in [3.8, 4) is 11.5 Å². The molecule has 0 atom stereocenters. The van der Waals surface area contributed by atoms with Crippen molar-refractivity contribution < 1.29 is 9.47 Å². The van der Waals surface area contributed by atoms with Crippen LogP contribution in [0.4, 0.5) is 5.69 Å². The van der Waals surface area contributed by atoms with Crippen LogP contribution >= 0.6 is 0 Å². The summed E-state index contributed by atoms with van der Waals surface area (Å²) in [6.45, 7) is 0.898. The molecule has 1 fully saturated rings. The second-order valence-corrected chi connectivity index (χ2v) is 3.77. The highest BCUT2D eigenvalue weighted by Crippen LogP contribution is 2.30. The largest absolute Gasteiger partial charge is 0.497 e. The predicted molar refractivity (Wildman–Crippen MR) is 63.9 cm³/mol. The van der Waals surface area contributed by atoms with E-state index in [1.165, 1.54) is 0 Å². The van der Waals surface area contributed by atoms with E-state index in [9.17, 15) is 0 Å². The van der Waals surface area contributed by atoms with E-state index in [0.717, 1.165) is 36.6 Å². The van der Waals surface area contributed by atoms with E-state index in [-0.39, 0.29) is 0 Å². The van der Waals surface area contributed by atoms with Crippen LogP contribution in [0, 0.1) is 5.41 Å². The summed E-state index contributed by atoms with van der Waals surface area (Å²) in [6, 6.07) is 5.70. The summed E-state index contributed by atoms with van der Waals surface area (Å²) in [5.74, 6) is 2.18. The molecule has 0 amide bonds. The minimum absolute atomic E-state index is 0.662. The lowest BCUT2D eigenvalue weighted by Gasteiger charge is -2.19. The molecule has 0 unspecified atom stereocenters. The zero-order chi connectivity index (χ0) is 11.5. The number of rotatable bonds is 3. The van der Waals surface area contributed by atoms with E-state index in [2.05, 4.69) is 0 Å². The van der Waals surface area contributed by atoms with Crippen molar-refractivity contribution in [2.45, 2.75) is 12.8 Å². The topological polar surface area (TPSA) is 45.6 Å². The molecule has 1 heterocycles. The molecule has 1 aliphatic heterocycles. The molecule has 1 aromatic carbocycles. The van der Waals surface area contributed by atoms with E-state index >= 15 is 0 Å². The Morgan fingerprint density at radius 1 is 1.12 bits per heavy atom. The lowest BCUT2D eigenvalue weighted by atomic mass is 10.2. The Balaban J connectivity index is 2.35. The maximum atomic E-state index is 7.84. The molecule has 0 aromatic heterocycles. The fourth-order valence-corrected chi connectivity index (χ4v) is 1.91. The van der Waals surface area contributed by atoms with E-state index in [1.807, 2.05) is 23.1 Å². The van der Waals surface area contributed by atoms with Gasteiger partial charge in [0, 0.05) is 36.9 Å². The number of hydrogen-bond acceptors (Lipinski definition) is 3. The van der Waals surface area contributed by atoms with Crippen LogP contribution in [0.25, 0.3) is 0 Å². The van der Waals surface area contributed by atoms with Crippen molar-refractivity contribution in [2.24, 2.45) is 0 Å². The summed E-state index contributed by atoms with van der Waals surface area (Å²) in [5.41, 5.74) is 0.971. The molecule has 0 bridgehead atoms. The van der Waals surface area contributed by atoms with Crippen molar-refractivity contribution in [3.05, 3.63) is 18.2 Å². The summed E-state index contributed by atoms with van der Waals surface area (Å²) in [4.78, 5) is 1.99. The van der Waals surface area contributed by atoms with Gasteiger partial charge >= 0.3 is 0 Å². The first-order valence-electron chi connectivity index (χ1n) is 5.32. The monoisotopic (exact) mass is 220 g/mol. The van der Waals surface area contributed by atoms with Crippen molar-refractivity contribution in [1.82, 2.24) is 0 Å². The van der Waals surface area contributed by atoms with Gasteiger partial charge in [-0.1, -0.05) is 0 Å². The van der Waals surface area contributed by atoms with Crippen LogP contribution < -0.4 is 14.4 Å². The van der Waals surface area contributed by atoms with Gasteiger partial charge in [-0.2, -0.15) is 0 Å². The average Bonchev–Trinajstić information content (AvgIpc) is 2.74. The first-order chi connectivity index (χ1) is 7.74. The van der Waals surface area contributed by atoms with Crippen LogP contribution in [0.3, 0.4) is 0 Å². The van der Waals surface area contributed by atoms with E-state index in [1.54, 1.807) is 14.2 Å². The number of anilines is 1. The number of methoxy groups -OCH3 is 2. The molecule has 1 saturated heterocycles. The molecule has 0 saturated carbocycles. The van der Waals surface area contributed by atoms with Crippen molar-refractivity contribution in [2.75, 3.05) is 25.7 Å². The van der Waals surface area contributed by atoms with Crippen molar-refractivity contribution >= 4 is 11.5 Å². The van der Waals surface area contributed by atoms with Crippen LogP contribution in [0.1, 0.15) is 12.8 Å². The second-order valence-electron chi connectivity index (χ2n) is 3.77. The highest BCUT2D eigenvalue weighted by Gasteiger charge is 2.19. The number of nitrogens with one attached hydrogen (secondary N) is 1. The van der Waals surface area contributed by atoms with Gasteiger partial charge in [-0.25, -0.2) is 0 Å². The van der Waals surface area contributed by atoms with Crippen LogP contribution in [0.2, 0.25) is 0 Å². The van der Waals surface area contributed by atoms with E-state index in [0.29, 0.717) is 5.84 Å². The van der Waals surface area contributed by atoms with Gasteiger partial charge in [0.25, 0.3) is 0 Å². The minimum atomic E-state index is 0.662. The molecule has 86 valence electrons. The van der Waals surface area contributed by atoms with Crippen LogP contribution in [0.15, 0.2) is 18.2 Å². The molecular weight excluding hydrogens is 204 g/mol. The molecule has 1 aromatic rings. The maximum absolute atomic E-state index is 7.84. The van der Waals surface area contributed by atoms with Gasteiger partial charge in [-0.15, -0.1) is 0 Å². The molecule has 4 nitrogen and oxygen atoms in total. The van der Waals surface area contributed by atoms with E-state index in [4.69, 9.17) is 14.9 Å². The minimum Gasteiger partial charge on any atom is -0.497 e. The predicted octanol–water partition coefficient (Wildman–Crippen LogP) is 2.28. The van der Waals surface area contributed by atoms with Gasteiger partial charge < -0.3 is 14.4 Å². The number of nitrogens with zero attached hydrogens (tertiary/aromatic N) is 1. The van der Waals surface area contributed by atoms with Crippen molar-refractivity contribution in [1.29, 1.82) is 5.41 Å². The number of amidine groups is 1. The number of ether oxygens (including phenoxy) is 2. The van der Waals surface area contributed by atoms with E-state index < -0.39 is 0 Å². The molecule has 4 heteroatoms. The fraction of sp³-hybridized carbons (Fsp3) is 0.417. The molecule has 0 aliphatic carbocycles. The molecule has 2 rings (SSSR count). The van der Waals surface area contributed by atoms with Gasteiger partial charge in [0.2, 0.25) is 0 Å². The first-order valence-corrected chi connectivity index (χ1v) is 5.32. The van der Waals surface area contributed by atoms with Crippen LogP contribution in [-0.4, -0.2) is 26.6 Å². The average molecular weight is 220 g/mol. The van der Waals surface area contributed by atoms with Gasteiger partial charge in [-0.05, 0) is 6.42 Å². The summed E-state index contributed by atoms with van der Waals surface area (Å²) in [5, 5.41) is 7.84. The molecule has 0 spiro atoms. The quantitative estimate of drug-likeness (QED) is 0.850. The zero-order valence-corrected chi connectivity index (χ0v) is 9.62. The smallest absolute Gasteiger partial charge is 0.124 e. The SMILES string of the molecule is COc1cc(OC)cc(N2CCCC2=N)c1. The summed E-state index contributed by atoms with van der Waals surface area (Å²) in [7, 11) is 3.27. The van der Waals surface area contributed by atoms with Gasteiger partial charge in [0.15, 0.2) is 0 Å². The first kappa shape index (κ1) is 10.8. The summed E-state index contributed by atoms with van der Waals surface area (Å²) < 4.78 is 10.4. The van der Waals surface area contributed by atoms with Crippen LogP contribution in [0.5, 0.6) is 11.5 Å². The number of benzene rings is 1.